The van der Waals surface area contributed by atoms with Gasteiger partial charge in [-0.25, -0.2) is 4.98 Å². The number of nitrogens with one attached hydrogen (secondary N) is 1. The Morgan fingerprint density at radius 2 is 2.36 bits per heavy atom. The molecule has 0 aliphatic carbocycles. The highest BCUT2D eigenvalue weighted by molar-refractivity contribution is 5.21. The minimum atomic E-state index is 0.391. The lowest BCUT2D eigenvalue weighted by Crippen LogP contribution is -2.11. The third-order valence-corrected chi connectivity index (χ3v) is 1.28. The highest BCUT2D eigenvalue weighted by Gasteiger charge is 1.99. The molecule has 0 atom stereocenters. The summed E-state index contributed by atoms with van der Waals surface area (Å²) in [6, 6.07) is 0.391. The smallest absolute Gasteiger partial charge is 0.242 e. The second kappa shape index (κ2) is 3.37. The summed E-state index contributed by atoms with van der Waals surface area (Å²) in [5.74, 6) is 0.710. The highest BCUT2D eigenvalue weighted by Crippen LogP contribution is 1.97. The molecule has 1 heterocycles. The van der Waals surface area contributed by atoms with E-state index in [1.54, 1.807) is 11.0 Å². The topological polar surface area (TPSA) is 42.7 Å². The first-order valence-electron chi connectivity index (χ1n) is 3.88. The number of aromatic nitrogens is 3. The Kier molecular flexibility index (Phi) is 2.46. The lowest BCUT2D eigenvalue weighted by atomic mass is 10.4. The fourth-order valence-electron chi connectivity index (χ4n) is 0.771. The second-order valence-corrected chi connectivity index (χ2v) is 2.72. The lowest BCUT2D eigenvalue weighted by Gasteiger charge is -2.03. The normalized spacial score (nSPS) is 10.5. The van der Waals surface area contributed by atoms with Crippen molar-refractivity contribution >= 4 is 5.95 Å². The Hall–Kier alpha value is -1.06. The van der Waals surface area contributed by atoms with Gasteiger partial charge in [0, 0.05) is 12.6 Å². The average molecular weight is 154 g/mol. The third-order valence-electron chi connectivity index (χ3n) is 1.28. The van der Waals surface area contributed by atoms with Crippen molar-refractivity contribution < 1.29 is 0 Å². The molecule has 1 aromatic rings. The van der Waals surface area contributed by atoms with Crippen molar-refractivity contribution in [2.45, 2.75) is 33.4 Å². The molecule has 0 saturated heterocycles. The minimum Gasteiger partial charge on any atom is -0.351 e. The first-order valence-corrected chi connectivity index (χ1v) is 3.88. The molecule has 0 fully saturated rings. The van der Waals surface area contributed by atoms with E-state index in [9.17, 15) is 0 Å². The third kappa shape index (κ3) is 2.22. The summed E-state index contributed by atoms with van der Waals surface area (Å²) >= 11 is 0. The van der Waals surface area contributed by atoms with Crippen molar-refractivity contribution in [3.8, 4) is 0 Å². The van der Waals surface area contributed by atoms with Gasteiger partial charge in [-0.2, -0.15) is 0 Å². The van der Waals surface area contributed by atoms with E-state index in [0.717, 1.165) is 6.54 Å². The van der Waals surface area contributed by atoms with Crippen molar-refractivity contribution in [2.75, 3.05) is 5.32 Å². The van der Waals surface area contributed by atoms with E-state index in [4.69, 9.17) is 0 Å². The zero-order valence-corrected chi connectivity index (χ0v) is 7.20. The molecule has 0 aliphatic rings. The SMILES string of the molecule is CCn1cnc(NC(C)C)n1. The quantitative estimate of drug-likeness (QED) is 0.709. The fraction of sp³-hybridized carbons (Fsp3) is 0.714. The van der Waals surface area contributed by atoms with Gasteiger partial charge in [-0.3, -0.25) is 4.68 Å². The van der Waals surface area contributed by atoms with E-state index in [-0.39, 0.29) is 0 Å². The van der Waals surface area contributed by atoms with Gasteiger partial charge in [-0.15, -0.1) is 5.10 Å². The van der Waals surface area contributed by atoms with Crippen LogP contribution < -0.4 is 5.32 Å². The van der Waals surface area contributed by atoms with Crippen LogP contribution in [-0.4, -0.2) is 20.8 Å². The molecule has 0 bridgehead atoms. The van der Waals surface area contributed by atoms with Gasteiger partial charge in [-0.1, -0.05) is 0 Å². The largest absolute Gasteiger partial charge is 0.351 e. The molecule has 4 heteroatoms. The van der Waals surface area contributed by atoms with Gasteiger partial charge in [0.2, 0.25) is 5.95 Å². The first-order chi connectivity index (χ1) is 5.22. The summed E-state index contributed by atoms with van der Waals surface area (Å²) < 4.78 is 1.80. The van der Waals surface area contributed by atoms with E-state index >= 15 is 0 Å². The maximum Gasteiger partial charge on any atom is 0.242 e. The number of rotatable bonds is 3. The average Bonchev–Trinajstić information content (AvgIpc) is 2.34. The summed E-state index contributed by atoms with van der Waals surface area (Å²) in [5, 5.41) is 7.28. The monoisotopic (exact) mass is 154 g/mol. The molecule has 1 N–H and O–H groups in total. The summed E-state index contributed by atoms with van der Waals surface area (Å²) in [6.07, 6.45) is 1.73. The van der Waals surface area contributed by atoms with Crippen LogP contribution in [0.25, 0.3) is 0 Å². The van der Waals surface area contributed by atoms with Crippen molar-refractivity contribution in [2.24, 2.45) is 0 Å². The van der Waals surface area contributed by atoms with E-state index in [1.807, 2.05) is 6.92 Å². The number of anilines is 1. The molecule has 11 heavy (non-hydrogen) atoms. The highest BCUT2D eigenvalue weighted by atomic mass is 15.4. The van der Waals surface area contributed by atoms with Gasteiger partial charge in [0.15, 0.2) is 0 Å². The van der Waals surface area contributed by atoms with Gasteiger partial charge >= 0.3 is 0 Å². The second-order valence-electron chi connectivity index (χ2n) is 2.72. The minimum absolute atomic E-state index is 0.391. The summed E-state index contributed by atoms with van der Waals surface area (Å²) in [4.78, 5) is 4.07. The van der Waals surface area contributed by atoms with Crippen molar-refractivity contribution in [3.05, 3.63) is 6.33 Å². The predicted octanol–water partition coefficient (Wildman–Crippen LogP) is 1.12. The predicted molar refractivity (Wildman–Crippen MR) is 44.5 cm³/mol. The Balaban J connectivity index is 2.58. The Morgan fingerprint density at radius 1 is 1.64 bits per heavy atom. The molecule has 1 rings (SSSR count). The number of hydrogen-bond acceptors (Lipinski definition) is 3. The van der Waals surface area contributed by atoms with Crippen LogP contribution in [-0.2, 0) is 6.54 Å². The van der Waals surface area contributed by atoms with Gasteiger partial charge in [0.05, 0.1) is 0 Å². The molecule has 0 amide bonds. The number of hydrogen-bond donors (Lipinski definition) is 1. The van der Waals surface area contributed by atoms with Crippen LogP contribution in [0.4, 0.5) is 5.95 Å². The summed E-state index contributed by atoms with van der Waals surface area (Å²) in [6.45, 7) is 7.03. The molecule has 0 aliphatic heterocycles. The molecule has 0 aromatic carbocycles. The molecule has 62 valence electrons. The van der Waals surface area contributed by atoms with Gasteiger partial charge in [0.25, 0.3) is 0 Å². The van der Waals surface area contributed by atoms with Crippen LogP contribution in [0.2, 0.25) is 0 Å². The van der Waals surface area contributed by atoms with Crippen LogP contribution in [0.1, 0.15) is 20.8 Å². The van der Waals surface area contributed by atoms with Crippen LogP contribution in [0.15, 0.2) is 6.33 Å². The molecule has 0 unspecified atom stereocenters. The van der Waals surface area contributed by atoms with E-state index in [0.29, 0.717) is 12.0 Å². The van der Waals surface area contributed by atoms with Crippen molar-refractivity contribution in [3.63, 3.8) is 0 Å². The van der Waals surface area contributed by atoms with Gasteiger partial charge in [0.1, 0.15) is 6.33 Å². The molecule has 0 saturated carbocycles. The van der Waals surface area contributed by atoms with E-state index in [1.165, 1.54) is 0 Å². The summed E-state index contributed by atoms with van der Waals surface area (Å²) in [5.41, 5.74) is 0. The van der Waals surface area contributed by atoms with Gasteiger partial charge in [-0.05, 0) is 20.8 Å². The molecule has 1 aromatic heterocycles. The lowest BCUT2D eigenvalue weighted by molar-refractivity contribution is 0.657. The first kappa shape index (κ1) is 8.04. The summed E-state index contributed by atoms with van der Waals surface area (Å²) in [7, 11) is 0. The van der Waals surface area contributed by atoms with Crippen LogP contribution in [0, 0.1) is 0 Å². The zero-order valence-electron chi connectivity index (χ0n) is 7.20. The van der Waals surface area contributed by atoms with Gasteiger partial charge < -0.3 is 5.32 Å². The van der Waals surface area contributed by atoms with Crippen LogP contribution >= 0.6 is 0 Å². The maximum atomic E-state index is 4.16. The Labute approximate surface area is 66.6 Å². The Bertz CT molecular complexity index is 216. The van der Waals surface area contributed by atoms with Crippen LogP contribution in [0.3, 0.4) is 0 Å². The van der Waals surface area contributed by atoms with Crippen molar-refractivity contribution in [1.29, 1.82) is 0 Å². The molecular weight excluding hydrogens is 140 g/mol. The molecule has 4 nitrogen and oxygen atoms in total. The van der Waals surface area contributed by atoms with Crippen LogP contribution in [0.5, 0.6) is 0 Å². The number of nitrogens with zero attached hydrogens (tertiary/aromatic N) is 3. The zero-order chi connectivity index (χ0) is 8.27. The Morgan fingerprint density at radius 3 is 2.82 bits per heavy atom. The fourth-order valence-corrected chi connectivity index (χ4v) is 0.771. The van der Waals surface area contributed by atoms with E-state index < -0.39 is 0 Å². The molecule has 0 radical (unpaired) electrons. The standard InChI is InChI=1S/C7H14N4/c1-4-11-5-8-7(10-11)9-6(2)3/h5-6H,4H2,1-3H3,(H,9,10). The molecule has 0 spiro atoms. The number of aryl methyl sites for hydroxylation is 1. The molecular formula is C7H14N4. The maximum absolute atomic E-state index is 4.16. The van der Waals surface area contributed by atoms with E-state index in [2.05, 4.69) is 29.2 Å². The van der Waals surface area contributed by atoms with Crippen molar-refractivity contribution in [1.82, 2.24) is 14.8 Å².